The molecule has 0 aliphatic rings. The Bertz CT molecular complexity index is 1700. The highest BCUT2D eigenvalue weighted by Crippen LogP contribution is 2.36. The maximum absolute atomic E-state index is 14.4. The van der Waals surface area contributed by atoms with Gasteiger partial charge in [0.15, 0.2) is 0 Å². The average Bonchev–Trinajstić information content (AvgIpc) is 3.16. The van der Waals surface area contributed by atoms with Crippen LogP contribution in [-0.4, -0.2) is 35.2 Å². The predicted molar refractivity (Wildman–Crippen MR) is 124 cm³/mol. The van der Waals surface area contributed by atoms with Crippen molar-refractivity contribution >= 4 is 20.9 Å². The molecule has 37 heavy (non-hydrogen) atoms. The van der Waals surface area contributed by atoms with E-state index in [0.29, 0.717) is 12.4 Å². The molecule has 3 heterocycles. The molecule has 0 aliphatic heterocycles. The van der Waals surface area contributed by atoms with Gasteiger partial charge in [0.25, 0.3) is 0 Å². The lowest BCUT2D eigenvalue weighted by atomic mass is 10.1. The summed E-state index contributed by atoms with van der Waals surface area (Å²) in [5.74, 6) is -0.287. The molecule has 8 nitrogen and oxygen atoms in total. The fourth-order valence-electron chi connectivity index (χ4n) is 3.64. The van der Waals surface area contributed by atoms with Crippen LogP contribution in [0.25, 0.3) is 28.1 Å². The molecule has 0 aliphatic carbocycles. The van der Waals surface area contributed by atoms with Gasteiger partial charge in [-0.3, -0.25) is 9.55 Å². The van der Waals surface area contributed by atoms with E-state index in [1.54, 1.807) is 4.72 Å². The Morgan fingerprint density at radius 3 is 2.32 bits per heavy atom. The summed E-state index contributed by atoms with van der Waals surface area (Å²) in [5.41, 5.74) is 1.22. The average molecular weight is 528 g/mol. The highest BCUT2D eigenvalue weighted by atomic mass is 32.2. The minimum atomic E-state index is -4.79. The van der Waals surface area contributed by atoms with Crippen molar-refractivity contribution in [2.75, 3.05) is 0 Å². The number of alkyl halides is 3. The summed E-state index contributed by atoms with van der Waals surface area (Å²) in [7, 11) is -4.56. The van der Waals surface area contributed by atoms with Gasteiger partial charge < -0.3 is 0 Å². The monoisotopic (exact) mass is 528 g/mol. The first-order chi connectivity index (χ1) is 17.4. The van der Waals surface area contributed by atoms with Gasteiger partial charge in [0.2, 0.25) is 10.0 Å². The first-order valence-corrected chi connectivity index (χ1v) is 12.0. The number of hydrogen-bond donors (Lipinski definition) is 1. The van der Waals surface area contributed by atoms with E-state index in [1.165, 1.54) is 48.0 Å². The first kappa shape index (κ1) is 25.8. The molecule has 1 aromatic carbocycles. The molecule has 0 amide bonds. The zero-order chi connectivity index (χ0) is 27.1. The number of nitrogens with one attached hydrogen (secondary N) is 1. The quantitative estimate of drug-likeness (QED) is 0.380. The van der Waals surface area contributed by atoms with Crippen LogP contribution in [0.3, 0.4) is 0 Å². The number of nitrogens with zero attached hydrogens (tertiary/aromatic N) is 5. The maximum Gasteiger partial charge on any atom is 0.404 e. The number of aromatic nitrogens is 3. The van der Waals surface area contributed by atoms with Crippen LogP contribution < -0.4 is 4.72 Å². The van der Waals surface area contributed by atoms with Gasteiger partial charge in [0.05, 0.1) is 28.0 Å². The SMILES string of the molecule is Cc1cc2c(cc1F)c(C#N)c(-c1ccc(S(=O)(=O)NC(C)C(F)(F)F)cn1)n2-c1ccc(C#N)cn1. The number of benzene rings is 1. The summed E-state index contributed by atoms with van der Waals surface area (Å²) in [4.78, 5) is 7.85. The summed E-state index contributed by atoms with van der Waals surface area (Å²) in [6.07, 6.45) is -2.61. The largest absolute Gasteiger partial charge is 0.404 e. The smallest absolute Gasteiger partial charge is 0.291 e. The van der Waals surface area contributed by atoms with E-state index < -0.39 is 33.0 Å². The van der Waals surface area contributed by atoms with E-state index in [2.05, 4.69) is 9.97 Å². The van der Waals surface area contributed by atoms with Crippen LogP contribution in [0.2, 0.25) is 0 Å². The van der Waals surface area contributed by atoms with Crippen molar-refractivity contribution in [3.63, 3.8) is 0 Å². The summed E-state index contributed by atoms with van der Waals surface area (Å²) >= 11 is 0. The fourth-order valence-corrected chi connectivity index (χ4v) is 4.81. The molecule has 0 fully saturated rings. The van der Waals surface area contributed by atoms with Gasteiger partial charge in [-0.2, -0.15) is 28.4 Å². The summed E-state index contributed by atoms with van der Waals surface area (Å²) in [6.45, 7) is 2.21. The maximum atomic E-state index is 14.4. The van der Waals surface area contributed by atoms with E-state index in [0.717, 1.165) is 12.3 Å². The molecular formula is C24H16F4N6O2S. The number of sulfonamides is 1. The summed E-state index contributed by atoms with van der Waals surface area (Å²) in [5, 5.41) is 19.3. The number of halogens is 4. The number of rotatable bonds is 5. The van der Waals surface area contributed by atoms with Crippen LogP contribution in [0, 0.1) is 35.4 Å². The number of fused-ring (bicyclic) bond motifs is 1. The van der Waals surface area contributed by atoms with Gasteiger partial charge in [0.1, 0.15) is 34.7 Å². The van der Waals surface area contributed by atoms with Crippen LogP contribution in [0.4, 0.5) is 17.6 Å². The van der Waals surface area contributed by atoms with Crippen LogP contribution in [-0.2, 0) is 10.0 Å². The molecule has 13 heteroatoms. The highest BCUT2D eigenvalue weighted by molar-refractivity contribution is 7.89. The van der Waals surface area contributed by atoms with Crippen LogP contribution >= 0.6 is 0 Å². The summed E-state index contributed by atoms with van der Waals surface area (Å²) in [6, 6.07) is 9.63. The first-order valence-electron chi connectivity index (χ1n) is 10.5. The third kappa shape index (κ3) is 4.74. The van der Waals surface area contributed by atoms with Crippen LogP contribution in [0.15, 0.2) is 53.7 Å². The second-order valence-corrected chi connectivity index (χ2v) is 9.78. The number of nitriles is 2. The Balaban J connectivity index is 1.92. The molecule has 4 rings (SSSR count). The summed E-state index contributed by atoms with van der Waals surface area (Å²) < 4.78 is 80.9. The Morgan fingerprint density at radius 2 is 1.78 bits per heavy atom. The Kier molecular flexibility index (Phi) is 6.46. The number of hydrogen-bond acceptors (Lipinski definition) is 6. The van der Waals surface area contributed by atoms with Crippen molar-refractivity contribution in [2.24, 2.45) is 0 Å². The minimum absolute atomic E-state index is 0.0204. The molecule has 0 radical (unpaired) electrons. The van der Waals surface area contributed by atoms with Gasteiger partial charge in [-0.25, -0.2) is 17.8 Å². The lowest BCUT2D eigenvalue weighted by Gasteiger charge is -2.17. The lowest BCUT2D eigenvalue weighted by Crippen LogP contribution is -2.42. The minimum Gasteiger partial charge on any atom is -0.291 e. The van der Waals surface area contributed by atoms with Crippen LogP contribution in [0.5, 0.6) is 0 Å². The number of pyridine rings is 2. The highest BCUT2D eigenvalue weighted by Gasteiger charge is 2.39. The van der Waals surface area contributed by atoms with Crippen molar-refractivity contribution in [3.05, 3.63) is 71.3 Å². The molecule has 188 valence electrons. The zero-order valence-corrected chi connectivity index (χ0v) is 20.0. The normalized spacial score (nSPS) is 12.8. The number of aryl methyl sites for hydroxylation is 1. The second kappa shape index (κ2) is 9.28. The van der Waals surface area contributed by atoms with Crippen molar-refractivity contribution in [1.82, 2.24) is 19.3 Å². The third-order valence-corrected chi connectivity index (χ3v) is 7.10. The van der Waals surface area contributed by atoms with E-state index >= 15 is 0 Å². The molecule has 0 spiro atoms. The van der Waals surface area contributed by atoms with Crippen molar-refractivity contribution in [1.29, 1.82) is 10.5 Å². The molecule has 0 saturated carbocycles. The fraction of sp³-hybridized carbons (Fsp3) is 0.167. The van der Waals surface area contributed by atoms with Gasteiger partial charge in [-0.05, 0) is 55.8 Å². The van der Waals surface area contributed by atoms with E-state index in [-0.39, 0.29) is 39.3 Å². The van der Waals surface area contributed by atoms with Crippen LogP contribution in [0.1, 0.15) is 23.6 Å². The van der Waals surface area contributed by atoms with Crippen molar-refractivity contribution < 1.29 is 26.0 Å². The molecular weight excluding hydrogens is 512 g/mol. The van der Waals surface area contributed by atoms with E-state index in [4.69, 9.17) is 5.26 Å². The van der Waals surface area contributed by atoms with E-state index in [1.807, 2.05) is 12.1 Å². The van der Waals surface area contributed by atoms with Crippen molar-refractivity contribution in [2.45, 2.75) is 31.0 Å². The Morgan fingerprint density at radius 1 is 1.05 bits per heavy atom. The molecule has 3 aromatic heterocycles. The molecule has 0 saturated heterocycles. The topological polar surface area (TPSA) is 124 Å². The van der Waals surface area contributed by atoms with Crippen molar-refractivity contribution in [3.8, 4) is 29.3 Å². The molecule has 1 unspecified atom stereocenters. The Hall–Kier alpha value is -4.33. The lowest BCUT2D eigenvalue weighted by molar-refractivity contribution is -0.147. The Labute approximate surface area is 208 Å². The third-order valence-electron chi connectivity index (χ3n) is 5.58. The van der Waals surface area contributed by atoms with Gasteiger partial charge in [-0.15, -0.1) is 0 Å². The second-order valence-electron chi connectivity index (χ2n) is 8.07. The molecule has 1 atom stereocenters. The van der Waals surface area contributed by atoms with Gasteiger partial charge in [-0.1, -0.05) is 0 Å². The zero-order valence-electron chi connectivity index (χ0n) is 19.2. The van der Waals surface area contributed by atoms with Gasteiger partial charge >= 0.3 is 6.18 Å². The molecule has 1 N–H and O–H groups in total. The predicted octanol–water partition coefficient (Wildman–Crippen LogP) is 4.51. The molecule has 0 bridgehead atoms. The standard InChI is InChI=1S/C24H16F4N6O2S/c1-13-7-21-17(8-19(13)25)18(10-30)23(34(21)22-6-3-15(9-29)11-32-22)20-5-4-16(12-31-20)37(35,36)33-14(2)24(26,27)28/h3-8,11-12,14,33H,1-2H3. The van der Waals surface area contributed by atoms with E-state index in [9.17, 15) is 31.2 Å². The van der Waals surface area contributed by atoms with Gasteiger partial charge in [0, 0.05) is 17.8 Å². The molecule has 4 aromatic rings.